The molecule has 1 aromatic heterocycles. The molecule has 182 valence electrons. The van der Waals surface area contributed by atoms with E-state index in [1.54, 1.807) is 12.5 Å². The molecule has 3 aromatic rings. The number of hydrogen-bond donors (Lipinski definition) is 2. The number of nitrogens with one attached hydrogen (secondary N) is 2. The first-order chi connectivity index (χ1) is 17.3. The third-order valence-electron chi connectivity index (χ3n) is 6.55. The van der Waals surface area contributed by atoms with Gasteiger partial charge in [-0.3, -0.25) is 14.8 Å². The number of para-hydroxylation sites is 1. The van der Waals surface area contributed by atoms with Crippen molar-refractivity contribution in [1.29, 1.82) is 0 Å². The van der Waals surface area contributed by atoms with Gasteiger partial charge < -0.3 is 20.1 Å². The van der Waals surface area contributed by atoms with Crippen molar-refractivity contribution >= 4 is 22.6 Å². The minimum Gasteiger partial charge on any atom is -0.462 e. The van der Waals surface area contributed by atoms with Crippen LogP contribution in [0.3, 0.4) is 0 Å². The fourth-order valence-corrected chi connectivity index (χ4v) is 4.67. The predicted molar refractivity (Wildman–Crippen MR) is 136 cm³/mol. The molecule has 0 aliphatic carbocycles. The first-order valence-electron chi connectivity index (χ1n) is 12.1. The number of urea groups is 1. The van der Waals surface area contributed by atoms with Crippen molar-refractivity contribution in [2.24, 2.45) is 0 Å². The lowest BCUT2D eigenvalue weighted by Crippen LogP contribution is -2.52. The number of aromatic nitrogens is 1. The van der Waals surface area contributed by atoms with E-state index in [-0.39, 0.29) is 12.1 Å². The van der Waals surface area contributed by atoms with Crippen molar-refractivity contribution < 1.29 is 14.3 Å². The molecule has 2 N–H and O–H groups in total. The van der Waals surface area contributed by atoms with Crippen LogP contribution in [0, 0.1) is 0 Å². The molecule has 8 heteroatoms. The average Bonchev–Trinajstić information content (AvgIpc) is 3.43. The fourth-order valence-electron chi connectivity index (χ4n) is 4.67. The second kappa shape index (κ2) is 11.2. The maximum absolute atomic E-state index is 12.5. The number of rotatable bonds is 8. The van der Waals surface area contributed by atoms with E-state index in [0.717, 1.165) is 61.5 Å². The smallest absolute Gasteiger partial charge is 0.319 e. The number of hydrogen-bond acceptors (Lipinski definition) is 6. The first kappa shape index (κ1) is 23.1. The second-order valence-electron chi connectivity index (χ2n) is 8.79. The molecule has 0 bridgehead atoms. The van der Waals surface area contributed by atoms with E-state index in [2.05, 4.69) is 49.7 Å². The molecule has 1 unspecified atom stereocenters. The van der Waals surface area contributed by atoms with Crippen LogP contribution in [-0.2, 0) is 15.9 Å². The van der Waals surface area contributed by atoms with Crippen LogP contribution in [0.5, 0.6) is 0 Å². The van der Waals surface area contributed by atoms with Gasteiger partial charge in [-0.2, -0.15) is 0 Å². The molecular weight excluding hydrogens is 442 g/mol. The van der Waals surface area contributed by atoms with E-state index in [0.29, 0.717) is 13.3 Å². The van der Waals surface area contributed by atoms with Crippen LogP contribution >= 0.6 is 0 Å². The van der Waals surface area contributed by atoms with Gasteiger partial charge in [-0.05, 0) is 24.1 Å². The molecule has 1 saturated heterocycles. The monoisotopic (exact) mass is 473 g/mol. The van der Waals surface area contributed by atoms with E-state index >= 15 is 0 Å². The Bertz CT molecular complexity index is 1160. The number of anilines is 1. The Morgan fingerprint density at radius 2 is 1.80 bits per heavy atom. The van der Waals surface area contributed by atoms with Gasteiger partial charge in [0.05, 0.1) is 17.2 Å². The molecule has 35 heavy (non-hydrogen) atoms. The van der Waals surface area contributed by atoms with Crippen LogP contribution in [0.15, 0.2) is 78.9 Å². The largest absolute Gasteiger partial charge is 0.462 e. The fraction of sp³-hybridized carbons (Fsp3) is 0.333. The lowest BCUT2D eigenvalue weighted by atomic mass is 10.0. The van der Waals surface area contributed by atoms with Gasteiger partial charge >= 0.3 is 6.03 Å². The van der Waals surface area contributed by atoms with Gasteiger partial charge in [0.25, 0.3) is 0 Å². The van der Waals surface area contributed by atoms with Gasteiger partial charge in [-0.15, -0.1) is 0 Å². The number of pyridine rings is 1. The normalized spacial score (nSPS) is 17.3. The van der Waals surface area contributed by atoms with Crippen molar-refractivity contribution in [3.8, 4) is 0 Å². The molecule has 3 heterocycles. The number of piperazine rings is 1. The number of carbonyl (C=O) groups is 1. The van der Waals surface area contributed by atoms with Crippen molar-refractivity contribution in [1.82, 2.24) is 20.1 Å². The number of fused-ring (bicyclic) bond motifs is 1. The molecule has 2 aliphatic heterocycles. The van der Waals surface area contributed by atoms with Gasteiger partial charge in [0.1, 0.15) is 6.26 Å². The summed E-state index contributed by atoms with van der Waals surface area (Å²) in [7, 11) is 0. The zero-order valence-electron chi connectivity index (χ0n) is 19.7. The van der Waals surface area contributed by atoms with Crippen LogP contribution in [0.25, 0.3) is 10.9 Å². The van der Waals surface area contributed by atoms with Crippen LogP contribution in [-0.4, -0.2) is 72.9 Å². The Morgan fingerprint density at radius 3 is 2.60 bits per heavy atom. The summed E-state index contributed by atoms with van der Waals surface area (Å²) in [6.45, 7) is 5.45. The molecule has 2 aromatic carbocycles. The van der Waals surface area contributed by atoms with Crippen molar-refractivity contribution in [3.63, 3.8) is 0 Å². The molecule has 0 spiro atoms. The second-order valence-corrected chi connectivity index (χ2v) is 8.79. The minimum atomic E-state index is -0.201. The lowest BCUT2D eigenvalue weighted by molar-refractivity contribution is 0.0456. The van der Waals surface area contributed by atoms with Crippen molar-refractivity contribution in [2.75, 3.05) is 51.4 Å². The predicted octanol–water partition coefficient (Wildman–Crippen LogP) is 3.43. The molecule has 2 amide bonds. The van der Waals surface area contributed by atoms with Crippen LogP contribution < -0.4 is 10.6 Å². The Morgan fingerprint density at radius 1 is 1.00 bits per heavy atom. The van der Waals surface area contributed by atoms with Crippen molar-refractivity contribution in [2.45, 2.75) is 12.5 Å². The highest BCUT2D eigenvalue weighted by Gasteiger charge is 2.29. The van der Waals surface area contributed by atoms with Crippen LogP contribution in [0.2, 0.25) is 0 Å². The van der Waals surface area contributed by atoms with E-state index in [1.807, 2.05) is 36.4 Å². The summed E-state index contributed by atoms with van der Waals surface area (Å²) >= 11 is 0. The van der Waals surface area contributed by atoms with Crippen LogP contribution in [0.4, 0.5) is 10.5 Å². The number of amides is 2. The zero-order valence-corrected chi connectivity index (χ0v) is 19.7. The maximum atomic E-state index is 12.5. The topological polar surface area (TPSA) is 79.0 Å². The Labute approximate surface area is 205 Å². The lowest BCUT2D eigenvalue weighted by Gasteiger charge is -2.39. The number of carbonyl (C=O) groups excluding carboxylic acids is 1. The third kappa shape index (κ3) is 5.90. The Kier molecular flexibility index (Phi) is 7.41. The summed E-state index contributed by atoms with van der Waals surface area (Å²) in [6, 6.07) is 20.1. The molecule has 1 atom stereocenters. The van der Waals surface area contributed by atoms with E-state index < -0.39 is 0 Å². The standard InChI is InChI=1S/C27H31N5O3/c33-27(30-24-10-11-28-23-9-5-4-8-22(23)24)29-12-13-31-14-16-32(17-15-31)25(26-19-34-20-35-26)18-21-6-2-1-3-7-21/h1-11,19,25H,12-18,20H2,(H2,28,29,30,33). The molecule has 2 aliphatic rings. The number of benzene rings is 2. The quantitative estimate of drug-likeness (QED) is 0.522. The number of ether oxygens (including phenoxy) is 2. The third-order valence-corrected chi connectivity index (χ3v) is 6.55. The van der Waals surface area contributed by atoms with Crippen molar-refractivity contribution in [3.05, 3.63) is 84.4 Å². The van der Waals surface area contributed by atoms with Gasteiger partial charge in [0.2, 0.25) is 6.79 Å². The maximum Gasteiger partial charge on any atom is 0.319 e. The Hall–Kier alpha value is -3.62. The SMILES string of the molecule is O=C(NCCN1CCN(C(Cc2ccccc2)C2=COCO2)CC1)Nc1ccnc2ccccc12. The van der Waals surface area contributed by atoms with Gasteiger partial charge in [0.15, 0.2) is 5.76 Å². The molecular formula is C27H31N5O3. The minimum absolute atomic E-state index is 0.168. The van der Waals surface area contributed by atoms with Crippen LogP contribution in [0.1, 0.15) is 5.56 Å². The van der Waals surface area contributed by atoms with E-state index in [9.17, 15) is 4.79 Å². The summed E-state index contributed by atoms with van der Waals surface area (Å²) in [5, 5.41) is 6.86. The first-order valence-corrected chi connectivity index (χ1v) is 12.1. The summed E-state index contributed by atoms with van der Waals surface area (Å²) in [5.74, 6) is 0.907. The molecule has 0 radical (unpaired) electrons. The van der Waals surface area contributed by atoms with Gasteiger partial charge in [-0.1, -0.05) is 48.5 Å². The van der Waals surface area contributed by atoms with E-state index in [4.69, 9.17) is 9.47 Å². The summed E-state index contributed by atoms with van der Waals surface area (Å²) in [6.07, 6.45) is 4.36. The molecule has 1 fully saturated rings. The summed E-state index contributed by atoms with van der Waals surface area (Å²) in [5.41, 5.74) is 2.91. The summed E-state index contributed by atoms with van der Waals surface area (Å²) in [4.78, 5) is 21.7. The van der Waals surface area contributed by atoms with E-state index in [1.165, 1.54) is 5.56 Å². The highest BCUT2D eigenvalue weighted by Crippen LogP contribution is 2.23. The average molecular weight is 474 g/mol. The van der Waals surface area contributed by atoms with Gasteiger partial charge in [0, 0.05) is 50.9 Å². The number of nitrogens with zero attached hydrogens (tertiary/aromatic N) is 3. The molecule has 5 rings (SSSR count). The zero-order chi connectivity index (χ0) is 23.9. The molecule has 0 saturated carbocycles. The highest BCUT2D eigenvalue weighted by atomic mass is 16.7. The van der Waals surface area contributed by atoms with Gasteiger partial charge in [-0.25, -0.2) is 4.79 Å². The Balaban J connectivity index is 1.09. The summed E-state index contributed by atoms with van der Waals surface area (Å²) < 4.78 is 11.1. The highest BCUT2D eigenvalue weighted by molar-refractivity contribution is 6.00. The molecule has 8 nitrogen and oxygen atoms in total.